The fourth-order valence-corrected chi connectivity index (χ4v) is 3.51. The molecule has 0 aromatic rings. The first-order chi connectivity index (χ1) is 5.97. The van der Waals surface area contributed by atoms with Gasteiger partial charge in [-0.3, -0.25) is 4.79 Å². The minimum atomic E-state index is 0.277. The largest absolute Gasteiger partial charge is 0.300 e. The molecule has 0 N–H and O–H groups in total. The van der Waals surface area contributed by atoms with Gasteiger partial charge in [-0.15, -0.1) is 0 Å². The van der Waals surface area contributed by atoms with Crippen molar-refractivity contribution in [3.8, 4) is 0 Å². The molecule has 0 radical (unpaired) electrons. The SMILES string of the molecule is CCC1CC12CC(=O)CC(C)(C)C2. The molecule has 0 amide bonds. The number of hydrogen-bond donors (Lipinski definition) is 0. The van der Waals surface area contributed by atoms with Crippen molar-refractivity contribution in [2.75, 3.05) is 0 Å². The molecule has 1 nitrogen and oxygen atoms in total. The van der Waals surface area contributed by atoms with Gasteiger partial charge in [-0.1, -0.05) is 27.2 Å². The lowest BCUT2D eigenvalue weighted by Gasteiger charge is -2.35. The van der Waals surface area contributed by atoms with Crippen LogP contribution in [0.2, 0.25) is 0 Å². The van der Waals surface area contributed by atoms with Crippen molar-refractivity contribution in [2.45, 2.75) is 52.9 Å². The maximum absolute atomic E-state index is 11.6. The van der Waals surface area contributed by atoms with Gasteiger partial charge >= 0.3 is 0 Å². The Kier molecular flexibility index (Phi) is 1.84. The molecule has 2 saturated carbocycles. The van der Waals surface area contributed by atoms with Gasteiger partial charge in [-0.2, -0.15) is 0 Å². The third kappa shape index (κ3) is 1.53. The summed E-state index contributed by atoms with van der Waals surface area (Å²) in [7, 11) is 0. The molecule has 0 aromatic heterocycles. The zero-order valence-electron chi connectivity index (χ0n) is 9.02. The predicted molar refractivity (Wildman–Crippen MR) is 53.5 cm³/mol. The first-order valence-electron chi connectivity index (χ1n) is 5.49. The van der Waals surface area contributed by atoms with Gasteiger partial charge in [0.05, 0.1) is 0 Å². The van der Waals surface area contributed by atoms with E-state index in [2.05, 4.69) is 20.8 Å². The minimum absolute atomic E-state index is 0.277. The molecular formula is C12H20O. The zero-order chi connectivity index (χ0) is 9.69. The van der Waals surface area contributed by atoms with Gasteiger partial charge in [0.1, 0.15) is 5.78 Å². The van der Waals surface area contributed by atoms with E-state index in [1.807, 2.05) is 0 Å². The molecule has 1 spiro atoms. The van der Waals surface area contributed by atoms with Crippen molar-refractivity contribution >= 4 is 5.78 Å². The Morgan fingerprint density at radius 1 is 1.38 bits per heavy atom. The summed E-state index contributed by atoms with van der Waals surface area (Å²) in [5, 5.41) is 0. The Bertz CT molecular complexity index is 242. The number of hydrogen-bond acceptors (Lipinski definition) is 1. The van der Waals surface area contributed by atoms with Crippen molar-refractivity contribution < 1.29 is 4.79 Å². The second-order valence-corrected chi connectivity index (χ2v) is 5.90. The predicted octanol–water partition coefficient (Wildman–Crippen LogP) is 3.18. The number of carbonyl (C=O) groups excluding carboxylic acids is 1. The molecule has 2 aliphatic carbocycles. The van der Waals surface area contributed by atoms with Crippen molar-refractivity contribution in [1.82, 2.24) is 0 Å². The van der Waals surface area contributed by atoms with Crippen molar-refractivity contribution in [1.29, 1.82) is 0 Å². The van der Waals surface area contributed by atoms with Crippen LogP contribution in [-0.4, -0.2) is 5.78 Å². The third-order valence-corrected chi connectivity index (χ3v) is 3.91. The van der Waals surface area contributed by atoms with Gasteiger partial charge in [-0.25, -0.2) is 0 Å². The smallest absolute Gasteiger partial charge is 0.134 e. The van der Waals surface area contributed by atoms with Gasteiger partial charge in [0.2, 0.25) is 0 Å². The summed E-state index contributed by atoms with van der Waals surface area (Å²) in [5.74, 6) is 1.36. The summed E-state index contributed by atoms with van der Waals surface area (Å²) in [6.07, 6.45) is 5.56. The number of ketones is 1. The highest BCUT2D eigenvalue weighted by molar-refractivity contribution is 5.81. The average Bonchev–Trinajstić information content (AvgIpc) is 2.57. The third-order valence-electron chi connectivity index (χ3n) is 3.91. The lowest BCUT2D eigenvalue weighted by Crippen LogP contribution is -2.30. The van der Waals surface area contributed by atoms with Gasteiger partial charge in [0, 0.05) is 12.8 Å². The van der Waals surface area contributed by atoms with Crippen LogP contribution in [0.25, 0.3) is 0 Å². The van der Waals surface area contributed by atoms with Crippen LogP contribution in [0.1, 0.15) is 52.9 Å². The molecule has 2 unspecified atom stereocenters. The molecule has 2 fully saturated rings. The van der Waals surface area contributed by atoms with E-state index in [-0.39, 0.29) is 5.41 Å². The van der Waals surface area contributed by atoms with E-state index in [0.29, 0.717) is 11.2 Å². The molecule has 1 heteroatoms. The number of rotatable bonds is 1. The van der Waals surface area contributed by atoms with E-state index < -0.39 is 0 Å². The van der Waals surface area contributed by atoms with Crippen molar-refractivity contribution in [3.05, 3.63) is 0 Å². The lowest BCUT2D eigenvalue weighted by atomic mass is 9.69. The van der Waals surface area contributed by atoms with Crippen LogP contribution < -0.4 is 0 Å². The minimum Gasteiger partial charge on any atom is -0.300 e. The molecular weight excluding hydrogens is 160 g/mol. The normalized spacial score (nSPS) is 42.4. The summed E-state index contributed by atoms with van der Waals surface area (Å²) in [5.41, 5.74) is 0.729. The topological polar surface area (TPSA) is 17.1 Å². The van der Waals surface area contributed by atoms with E-state index in [9.17, 15) is 4.79 Å². The highest BCUT2D eigenvalue weighted by atomic mass is 16.1. The summed E-state index contributed by atoms with van der Waals surface area (Å²) in [6, 6.07) is 0. The maximum atomic E-state index is 11.6. The van der Waals surface area contributed by atoms with Crippen LogP contribution in [0.15, 0.2) is 0 Å². The van der Waals surface area contributed by atoms with E-state index in [1.165, 1.54) is 19.3 Å². The van der Waals surface area contributed by atoms with Crippen LogP contribution in [-0.2, 0) is 4.79 Å². The summed E-state index contributed by atoms with van der Waals surface area (Å²) >= 11 is 0. The van der Waals surface area contributed by atoms with Crippen molar-refractivity contribution in [2.24, 2.45) is 16.7 Å². The second kappa shape index (κ2) is 2.59. The second-order valence-electron chi connectivity index (χ2n) is 5.90. The molecule has 0 aliphatic heterocycles. The Morgan fingerprint density at radius 2 is 2.08 bits per heavy atom. The fourth-order valence-electron chi connectivity index (χ4n) is 3.51. The highest BCUT2D eigenvalue weighted by Crippen LogP contribution is 2.65. The van der Waals surface area contributed by atoms with Crippen LogP contribution in [0, 0.1) is 16.7 Å². The molecule has 0 heterocycles. The lowest BCUT2D eigenvalue weighted by molar-refractivity contribution is -0.125. The van der Waals surface area contributed by atoms with E-state index in [4.69, 9.17) is 0 Å². The average molecular weight is 180 g/mol. The molecule has 0 bridgehead atoms. The standard InChI is InChI=1S/C12H20O/c1-4-9-5-12(9)7-10(13)6-11(2,3)8-12/h9H,4-8H2,1-3H3. The summed E-state index contributed by atoms with van der Waals surface area (Å²) in [6.45, 7) is 6.75. The first-order valence-corrected chi connectivity index (χ1v) is 5.49. The Balaban J connectivity index is 2.11. The monoisotopic (exact) mass is 180 g/mol. The van der Waals surface area contributed by atoms with Crippen LogP contribution in [0.3, 0.4) is 0 Å². The highest BCUT2D eigenvalue weighted by Gasteiger charge is 2.57. The molecule has 0 saturated heterocycles. The molecule has 13 heavy (non-hydrogen) atoms. The molecule has 0 aromatic carbocycles. The van der Waals surface area contributed by atoms with E-state index in [0.717, 1.165) is 18.8 Å². The quantitative estimate of drug-likeness (QED) is 0.605. The van der Waals surface area contributed by atoms with Crippen LogP contribution >= 0.6 is 0 Å². The molecule has 74 valence electrons. The maximum Gasteiger partial charge on any atom is 0.134 e. The molecule has 2 aliphatic rings. The van der Waals surface area contributed by atoms with Crippen LogP contribution in [0.4, 0.5) is 0 Å². The first kappa shape index (κ1) is 9.23. The van der Waals surface area contributed by atoms with E-state index in [1.54, 1.807) is 0 Å². The Hall–Kier alpha value is -0.330. The molecule has 2 rings (SSSR count). The number of carbonyl (C=O) groups is 1. The Morgan fingerprint density at radius 3 is 2.54 bits per heavy atom. The fraction of sp³-hybridized carbons (Fsp3) is 0.917. The van der Waals surface area contributed by atoms with Gasteiger partial charge < -0.3 is 0 Å². The van der Waals surface area contributed by atoms with Gasteiger partial charge in [0.15, 0.2) is 0 Å². The van der Waals surface area contributed by atoms with Gasteiger partial charge in [0.25, 0.3) is 0 Å². The zero-order valence-corrected chi connectivity index (χ0v) is 9.02. The Labute approximate surface area is 80.9 Å². The summed E-state index contributed by atoms with van der Waals surface area (Å²) in [4.78, 5) is 11.6. The van der Waals surface area contributed by atoms with E-state index >= 15 is 0 Å². The van der Waals surface area contributed by atoms with Crippen molar-refractivity contribution in [3.63, 3.8) is 0 Å². The van der Waals surface area contributed by atoms with Gasteiger partial charge in [-0.05, 0) is 29.6 Å². The number of Topliss-reactive ketones (excluding diaryl/α,β-unsaturated/α-hetero) is 1. The summed E-state index contributed by atoms with van der Waals surface area (Å²) < 4.78 is 0. The molecule has 2 atom stereocenters. The van der Waals surface area contributed by atoms with Crippen LogP contribution in [0.5, 0.6) is 0 Å².